The summed E-state index contributed by atoms with van der Waals surface area (Å²) in [6.07, 6.45) is 3.34. The van der Waals surface area contributed by atoms with Gasteiger partial charge in [0.05, 0.1) is 35.2 Å². The van der Waals surface area contributed by atoms with E-state index in [4.69, 9.17) is 22.1 Å². The maximum Gasteiger partial charge on any atom is 0.168 e. The van der Waals surface area contributed by atoms with Crippen LogP contribution < -0.4 is 16.0 Å². The molecule has 32 heavy (non-hydrogen) atoms. The maximum atomic E-state index is 14.5. The smallest absolute Gasteiger partial charge is 0.168 e. The van der Waals surface area contributed by atoms with E-state index in [9.17, 15) is 8.78 Å². The number of rotatable bonds is 3. The highest BCUT2D eigenvalue weighted by molar-refractivity contribution is 6.46. The first-order valence-electron chi connectivity index (χ1n) is 10.4. The van der Waals surface area contributed by atoms with Crippen LogP contribution >= 0.6 is 11.6 Å². The number of aliphatic imine (C=N–C) groups is 2. The van der Waals surface area contributed by atoms with Gasteiger partial charge in [-0.25, -0.2) is 18.8 Å². The highest BCUT2D eigenvalue weighted by Gasteiger charge is 2.41. The third-order valence-electron chi connectivity index (χ3n) is 6.24. The number of nitrogens with zero attached hydrogens (tertiary/aromatic N) is 3. The number of nitrogens with one attached hydrogen (secondary N) is 1. The molecule has 3 heterocycles. The summed E-state index contributed by atoms with van der Waals surface area (Å²) >= 11 is 6.24. The van der Waals surface area contributed by atoms with Crippen LogP contribution in [0.15, 0.2) is 57.6 Å². The number of benzene rings is 2. The van der Waals surface area contributed by atoms with Crippen molar-refractivity contribution in [3.8, 4) is 0 Å². The van der Waals surface area contributed by atoms with Crippen molar-refractivity contribution < 1.29 is 13.5 Å². The van der Waals surface area contributed by atoms with Crippen LogP contribution in [0.5, 0.6) is 0 Å². The molecule has 9 heteroatoms. The molecule has 0 bridgehead atoms. The fourth-order valence-corrected chi connectivity index (χ4v) is 4.34. The van der Waals surface area contributed by atoms with Crippen molar-refractivity contribution in [1.29, 1.82) is 0 Å². The Bertz CT molecular complexity index is 1130. The largest absolute Gasteiger partial charge is 0.403 e. The minimum atomic E-state index is -0.762. The van der Waals surface area contributed by atoms with E-state index in [0.717, 1.165) is 57.0 Å². The summed E-state index contributed by atoms with van der Waals surface area (Å²) in [5, 5.41) is 3.24. The Morgan fingerprint density at radius 2 is 1.84 bits per heavy atom. The minimum absolute atomic E-state index is 0.109. The molecule has 3 aliphatic rings. The summed E-state index contributed by atoms with van der Waals surface area (Å²) in [6, 6.07) is 9.33. The molecule has 0 saturated carbocycles. The lowest BCUT2D eigenvalue weighted by Crippen LogP contribution is -2.50. The molecule has 2 aromatic rings. The Balaban J connectivity index is 1.52. The van der Waals surface area contributed by atoms with Crippen LogP contribution in [0.4, 0.5) is 25.8 Å². The first-order chi connectivity index (χ1) is 15.5. The molecule has 0 unspecified atom stereocenters. The zero-order valence-electron chi connectivity index (χ0n) is 17.2. The predicted octanol–water partition coefficient (Wildman–Crippen LogP) is 4.52. The zero-order valence-corrected chi connectivity index (χ0v) is 18.0. The monoisotopic (exact) mass is 457 g/mol. The number of halogens is 3. The number of anilines is 2. The van der Waals surface area contributed by atoms with Gasteiger partial charge in [0.1, 0.15) is 11.6 Å². The summed E-state index contributed by atoms with van der Waals surface area (Å²) < 4.78 is 34.3. The van der Waals surface area contributed by atoms with E-state index < -0.39 is 11.6 Å². The summed E-state index contributed by atoms with van der Waals surface area (Å²) in [6.45, 7) is 3.56. The Hall–Kier alpha value is -2.97. The third-order valence-corrected chi connectivity index (χ3v) is 6.55. The van der Waals surface area contributed by atoms with E-state index in [1.54, 1.807) is 0 Å². The standard InChI is InChI=1S/C23H22ClF2N5O/c24-15(11-27)21-29-19-10-14(31-8-6-23(7-9-31)12-32-13-23)4-5-18(19)28-22(30-21)20-16(25)2-1-3-17(20)26/h1-5,10-11H,6-9,12-13,27H2,(H,28,29,30)/b15-11+. The van der Waals surface area contributed by atoms with Crippen molar-refractivity contribution in [3.05, 3.63) is 64.8 Å². The van der Waals surface area contributed by atoms with Crippen molar-refractivity contribution in [1.82, 2.24) is 0 Å². The van der Waals surface area contributed by atoms with Crippen molar-refractivity contribution in [2.24, 2.45) is 21.1 Å². The third kappa shape index (κ3) is 3.73. The molecule has 0 aromatic heterocycles. The van der Waals surface area contributed by atoms with Crippen LogP contribution in [0.2, 0.25) is 0 Å². The fraction of sp³-hybridized carbons (Fsp3) is 0.304. The van der Waals surface area contributed by atoms with Gasteiger partial charge in [0.25, 0.3) is 0 Å². The molecule has 1 spiro atoms. The molecule has 0 atom stereocenters. The summed E-state index contributed by atoms with van der Waals surface area (Å²) in [5.74, 6) is -1.49. The first-order valence-corrected chi connectivity index (χ1v) is 10.8. The maximum absolute atomic E-state index is 14.5. The molecule has 6 nitrogen and oxygen atoms in total. The van der Waals surface area contributed by atoms with Crippen molar-refractivity contribution in [2.75, 3.05) is 36.5 Å². The highest BCUT2D eigenvalue weighted by Crippen LogP contribution is 2.41. The van der Waals surface area contributed by atoms with Crippen LogP contribution in [-0.4, -0.2) is 38.0 Å². The van der Waals surface area contributed by atoms with Crippen LogP contribution in [0, 0.1) is 17.0 Å². The van der Waals surface area contributed by atoms with Crippen LogP contribution in [0.25, 0.3) is 0 Å². The minimum Gasteiger partial charge on any atom is -0.403 e. The van der Waals surface area contributed by atoms with Crippen LogP contribution in [0.3, 0.4) is 0 Å². The predicted molar refractivity (Wildman–Crippen MR) is 123 cm³/mol. The summed E-state index contributed by atoms with van der Waals surface area (Å²) in [4.78, 5) is 11.1. The van der Waals surface area contributed by atoms with E-state index in [0.29, 0.717) is 16.8 Å². The van der Waals surface area contributed by atoms with Gasteiger partial charge in [0, 0.05) is 30.4 Å². The molecule has 0 aliphatic carbocycles. The number of fused-ring (bicyclic) bond motifs is 1. The van der Waals surface area contributed by atoms with Gasteiger partial charge in [-0.15, -0.1) is 0 Å². The normalized spacial score (nSPS) is 20.0. The van der Waals surface area contributed by atoms with Gasteiger partial charge in [-0.05, 0) is 43.2 Å². The average Bonchev–Trinajstić information content (AvgIpc) is 2.96. The molecule has 166 valence electrons. The van der Waals surface area contributed by atoms with Gasteiger partial charge in [-0.2, -0.15) is 0 Å². The Morgan fingerprint density at radius 1 is 1.12 bits per heavy atom. The number of hydrogen-bond donors (Lipinski definition) is 2. The molecule has 0 amide bonds. The molecule has 0 radical (unpaired) electrons. The van der Waals surface area contributed by atoms with Crippen molar-refractivity contribution in [2.45, 2.75) is 12.8 Å². The molecule has 3 aliphatic heterocycles. The number of nitrogens with two attached hydrogens (primary N) is 1. The fourth-order valence-electron chi connectivity index (χ4n) is 4.25. The van der Waals surface area contributed by atoms with Crippen molar-refractivity contribution >= 4 is 40.3 Å². The van der Waals surface area contributed by atoms with Gasteiger partial charge in [-0.1, -0.05) is 17.7 Å². The summed E-state index contributed by atoms with van der Waals surface area (Å²) in [7, 11) is 0. The number of piperidine rings is 1. The SMILES string of the molecule is N/C=C(/Cl)C1=NC(c2c(F)cccc2F)=Nc2ccc(N3CCC4(CC3)COC4)cc2N1. The van der Waals surface area contributed by atoms with E-state index in [1.165, 1.54) is 12.3 Å². The molecule has 2 saturated heterocycles. The number of ether oxygens (including phenoxy) is 1. The second-order valence-electron chi connectivity index (χ2n) is 8.31. The Kier molecular flexibility index (Phi) is 5.35. The topological polar surface area (TPSA) is 75.2 Å². The zero-order chi connectivity index (χ0) is 22.3. The second kappa shape index (κ2) is 8.18. The van der Waals surface area contributed by atoms with E-state index in [-0.39, 0.29) is 22.3 Å². The lowest BCUT2D eigenvalue weighted by Gasteiger charge is -2.47. The van der Waals surface area contributed by atoms with Gasteiger partial charge in [0.15, 0.2) is 11.7 Å². The van der Waals surface area contributed by atoms with E-state index in [2.05, 4.69) is 20.2 Å². The molecule has 2 aromatic carbocycles. The van der Waals surface area contributed by atoms with Crippen molar-refractivity contribution in [3.63, 3.8) is 0 Å². The van der Waals surface area contributed by atoms with Gasteiger partial charge >= 0.3 is 0 Å². The van der Waals surface area contributed by atoms with E-state index >= 15 is 0 Å². The van der Waals surface area contributed by atoms with Gasteiger partial charge in [-0.3, -0.25) is 0 Å². The first kappa shape index (κ1) is 20.9. The molecule has 2 fully saturated rings. The molecular formula is C23H22ClF2N5O. The molecular weight excluding hydrogens is 436 g/mol. The highest BCUT2D eigenvalue weighted by atomic mass is 35.5. The van der Waals surface area contributed by atoms with Crippen LogP contribution in [0.1, 0.15) is 18.4 Å². The number of hydrogen-bond acceptors (Lipinski definition) is 6. The number of amidine groups is 2. The average molecular weight is 458 g/mol. The second-order valence-corrected chi connectivity index (χ2v) is 8.72. The Morgan fingerprint density at radius 3 is 2.47 bits per heavy atom. The van der Waals surface area contributed by atoms with Gasteiger partial charge in [0.2, 0.25) is 0 Å². The molecule has 5 rings (SSSR count). The lowest BCUT2D eigenvalue weighted by molar-refractivity contribution is -0.124. The Labute approximate surface area is 189 Å². The van der Waals surface area contributed by atoms with E-state index in [1.807, 2.05) is 18.2 Å². The summed E-state index contributed by atoms with van der Waals surface area (Å²) in [5.41, 5.74) is 7.74. The quantitative estimate of drug-likeness (QED) is 0.710. The lowest BCUT2D eigenvalue weighted by atomic mass is 9.77. The van der Waals surface area contributed by atoms with Crippen LogP contribution in [-0.2, 0) is 4.74 Å². The molecule has 3 N–H and O–H groups in total. The van der Waals surface area contributed by atoms with Gasteiger partial charge < -0.3 is 20.7 Å².